The molecular weight excluding hydrogens is 218 g/mol. The number of carbonyl (C=O) groups excluding carboxylic acids is 1. The van der Waals surface area contributed by atoms with Crippen LogP contribution in [0.25, 0.3) is 0 Å². The number of aliphatic hydroxyl groups excluding tert-OH is 1. The van der Waals surface area contributed by atoms with E-state index in [2.05, 4.69) is 11.8 Å². The van der Waals surface area contributed by atoms with Gasteiger partial charge < -0.3 is 9.84 Å². The van der Waals surface area contributed by atoms with E-state index in [1.165, 1.54) is 0 Å². The predicted octanol–water partition coefficient (Wildman–Crippen LogP) is 1.07. The zero-order chi connectivity index (χ0) is 13.1. The van der Waals surface area contributed by atoms with Crippen LogP contribution in [0.3, 0.4) is 0 Å². The number of aliphatic hydroxyl groups is 1. The van der Waals surface area contributed by atoms with Crippen LogP contribution in [0.2, 0.25) is 0 Å². The fourth-order valence-corrected chi connectivity index (χ4v) is 1.92. The summed E-state index contributed by atoms with van der Waals surface area (Å²) in [7, 11) is 0. The smallest absolute Gasteiger partial charge is 0.139 e. The van der Waals surface area contributed by atoms with E-state index in [1.54, 1.807) is 0 Å². The molecule has 2 unspecified atom stereocenters. The zero-order valence-corrected chi connectivity index (χ0v) is 11.4. The minimum Gasteiger partial charge on any atom is -0.394 e. The first-order valence-electron chi connectivity index (χ1n) is 6.34. The van der Waals surface area contributed by atoms with Gasteiger partial charge in [-0.15, -0.1) is 0 Å². The van der Waals surface area contributed by atoms with E-state index in [1.807, 2.05) is 20.8 Å². The first-order valence-corrected chi connectivity index (χ1v) is 6.34. The molecular formula is C13H25NO3. The highest BCUT2D eigenvalue weighted by Crippen LogP contribution is 2.18. The van der Waals surface area contributed by atoms with Gasteiger partial charge in [-0.2, -0.15) is 0 Å². The van der Waals surface area contributed by atoms with Gasteiger partial charge in [0.1, 0.15) is 5.78 Å². The molecule has 100 valence electrons. The molecule has 1 N–H and O–H groups in total. The van der Waals surface area contributed by atoms with Crippen molar-refractivity contribution in [3.05, 3.63) is 0 Å². The fraction of sp³-hybridized carbons (Fsp3) is 0.923. The summed E-state index contributed by atoms with van der Waals surface area (Å²) < 4.78 is 5.47. The highest BCUT2D eigenvalue weighted by Gasteiger charge is 2.27. The second kappa shape index (κ2) is 5.94. The Hall–Kier alpha value is -0.450. The Morgan fingerprint density at radius 1 is 1.47 bits per heavy atom. The van der Waals surface area contributed by atoms with E-state index in [0.29, 0.717) is 19.1 Å². The lowest BCUT2D eigenvalue weighted by atomic mass is 9.89. The summed E-state index contributed by atoms with van der Waals surface area (Å²) in [4.78, 5) is 14.1. The summed E-state index contributed by atoms with van der Waals surface area (Å²) in [6.45, 7) is 10.1. The van der Waals surface area contributed by atoms with E-state index < -0.39 is 0 Å². The topological polar surface area (TPSA) is 49.8 Å². The average Bonchev–Trinajstić information content (AvgIpc) is 2.26. The van der Waals surface area contributed by atoms with Gasteiger partial charge in [-0.3, -0.25) is 9.69 Å². The Morgan fingerprint density at radius 3 is 2.65 bits per heavy atom. The SMILES string of the molecule is CC1COC(CO)CN1CCC(=O)C(C)(C)C. The maximum absolute atomic E-state index is 11.9. The third kappa shape index (κ3) is 4.37. The van der Waals surface area contributed by atoms with Crippen molar-refractivity contribution in [1.29, 1.82) is 0 Å². The van der Waals surface area contributed by atoms with E-state index in [9.17, 15) is 4.79 Å². The lowest BCUT2D eigenvalue weighted by Crippen LogP contribution is -2.50. The largest absolute Gasteiger partial charge is 0.394 e. The summed E-state index contributed by atoms with van der Waals surface area (Å²) >= 11 is 0. The van der Waals surface area contributed by atoms with Crippen LogP contribution in [0.15, 0.2) is 0 Å². The summed E-state index contributed by atoms with van der Waals surface area (Å²) in [5.41, 5.74) is -0.258. The molecule has 17 heavy (non-hydrogen) atoms. The molecule has 4 heteroatoms. The average molecular weight is 243 g/mol. The molecule has 1 fully saturated rings. The maximum Gasteiger partial charge on any atom is 0.139 e. The van der Waals surface area contributed by atoms with Crippen molar-refractivity contribution in [2.75, 3.05) is 26.3 Å². The molecule has 4 nitrogen and oxygen atoms in total. The van der Waals surface area contributed by atoms with Crippen LogP contribution in [0.4, 0.5) is 0 Å². The summed E-state index contributed by atoms with van der Waals surface area (Å²) in [5.74, 6) is 0.289. The Labute approximate surface area is 104 Å². The van der Waals surface area contributed by atoms with Crippen molar-refractivity contribution in [2.45, 2.75) is 46.3 Å². The summed E-state index contributed by atoms with van der Waals surface area (Å²) in [6, 6.07) is 0.325. The number of nitrogens with zero attached hydrogens (tertiary/aromatic N) is 1. The second-order valence-corrected chi connectivity index (χ2v) is 5.91. The second-order valence-electron chi connectivity index (χ2n) is 5.91. The minimum atomic E-state index is -0.258. The van der Waals surface area contributed by atoms with Crippen LogP contribution in [0, 0.1) is 5.41 Å². The monoisotopic (exact) mass is 243 g/mol. The number of carbonyl (C=O) groups is 1. The van der Waals surface area contributed by atoms with Crippen LogP contribution in [-0.4, -0.2) is 54.2 Å². The molecule has 0 spiro atoms. The lowest BCUT2D eigenvalue weighted by Gasteiger charge is -2.37. The van der Waals surface area contributed by atoms with E-state index in [-0.39, 0.29) is 23.9 Å². The molecule has 1 heterocycles. The van der Waals surface area contributed by atoms with Crippen LogP contribution in [0.1, 0.15) is 34.1 Å². The Balaban J connectivity index is 2.42. The number of Topliss-reactive ketones (excluding diaryl/α,β-unsaturated/α-hetero) is 1. The van der Waals surface area contributed by atoms with Crippen LogP contribution in [0.5, 0.6) is 0 Å². The molecule has 1 aliphatic rings. The normalized spacial score (nSPS) is 27.1. The highest BCUT2D eigenvalue weighted by molar-refractivity contribution is 5.83. The molecule has 0 saturated carbocycles. The third-order valence-corrected chi connectivity index (χ3v) is 3.30. The van der Waals surface area contributed by atoms with Crippen molar-refractivity contribution in [2.24, 2.45) is 5.41 Å². The molecule has 1 aliphatic heterocycles. The van der Waals surface area contributed by atoms with Gasteiger partial charge >= 0.3 is 0 Å². The summed E-state index contributed by atoms with van der Waals surface area (Å²) in [5, 5.41) is 9.08. The van der Waals surface area contributed by atoms with Gasteiger partial charge in [0.05, 0.1) is 19.3 Å². The quantitative estimate of drug-likeness (QED) is 0.802. The molecule has 0 aromatic rings. The van der Waals surface area contributed by atoms with Crippen molar-refractivity contribution in [3.8, 4) is 0 Å². The van der Waals surface area contributed by atoms with Gasteiger partial charge in [0.2, 0.25) is 0 Å². The Bertz CT molecular complexity index is 260. The fourth-order valence-electron chi connectivity index (χ4n) is 1.92. The van der Waals surface area contributed by atoms with Crippen LogP contribution < -0.4 is 0 Å². The van der Waals surface area contributed by atoms with Crippen molar-refractivity contribution in [3.63, 3.8) is 0 Å². The van der Waals surface area contributed by atoms with Gasteiger partial charge in [-0.05, 0) is 6.92 Å². The van der Waals surface area contributed by atoms with Crippen LogP contribution >= 0.6 is 0 Å². The first-order chi connectivity index (χ1) is 7.84. The molecule has 1 rings (SSSR count). The Morgan fingerprint density at radius 2 is 2.12 bits per heavy atom. The highest BCUT2D eigenvalue weighted by atomic mass is 16.5. The molecule has 0 aliphatic carbocycles. The number of hydrogen-bond donors (Lipinski definition) is 1. The number of morpholine rings is 1. The van der Waals surface area contributed by atoms with E-state index in [0.717, 1.165) is 13.1 Å². The van der Waals surface area contributed by atoms with Gasteiger partial charge in [0.15, 0.2) is 0 Å². The predicted molar refractivity (Wildman–Crippen MR) is 66.9 cm³/mol. The molecule has 0 amide bonds. The molecule has 0 aromatic heterocycles. The number of ether oxygens (including phenoxy) is 1. The van der Waals surface area contributed by atoms with Gasteiger partial charge in [0.25, 0.3) is 0 Å². The van der Waals surface area contributed by atoms with Crippen molar-refractivity contribution < 1.29 is 14.6 Å². The molecule has 0 aromatic carbocycles. The molecule has 0 radical (unpaired) electrons. The van der Waals surface area contributed by atoms with E-state index >= 15 is 0 Å². The van der Waals surface area contributed by atoms with Crippen LogP contribution in [-0.2, 0) is 9.53 Å². The van der Waals surface area contributed by atoms with Gasteiger partial charge in [-0.25, -0.2) is 0 Å². The third-order valence-electron chi connectivity index (χ3n) is 3.30. The first kappa shape index (κ1) is 14.6. The molecule has 0 bridgehead atoms. The van der Waals surface area contributed by atoms with Gasteiger partial charge in [0, 0.05) is 31.0 Å². The molecule has 2 atom stereocenters. The maximum atomic E-state index is 11.9. The number of hydrogen-bond acceptors (Lipinski definition) is 4. The standard InChI is InChI=1S/C13H25NO3/c1-10-9-17-11(8-15)7-14(10)6-5-12(16)13(2,3)4/h10-11,15H,5-9H2,1-4H3. The molecule has 1 saturated heterocycles. The summed E-state index contributed by atoms with van der Waals surface area (Å²) in [6.07, 6.45) is 0.474. The van der Waals surface area contributed by atoms with Crippen molar-refractivity contribution >= 4 is 5.78 Å². The van der Waals surface area contributed by atoms with E-state index in [4.69, 9.17) is 9.84 Å². The van der Waals surface area contributed by atoms with Gasteiger partial charge in [-0.1, -0.05) is 20.8 Å². The number of rotatable bonds is 4. The van der Waals surface area contributed by atoms with Crippen molar-refractivity contribution in [1.82, 2.24) is 4.90 Å². The minimum absolute atomic E-state index is 0.0520. The number of ketones is 1. The zero-order valence-electron chi connectivity index (χ0n) is 11.4. The Kier molecular flexibility index (Phi) is 5.10. The lowest BCUT2D eigenvalue weighted by molar-refractivity contribution is -0.127.